The molecule has 78 valence electrons. The first-order valence-corrected chi connectivity index (χ1v) is 4.60. The Kier molecular flexibility index (Phi) is 4.26. The zero-order valence-corrected chi connectivity index (χ0v) is 8.84. The molecule has 0 saturated heterocycles. The molecular formula is C11H13N3O. The van der Waals surface area contributed by atoms with Crippen molar-refractivity contribution in [3.05, 3.63) is 45.8 Å². The van der Waals surface area contributed by atoms with Crippen LogP contribution in [0.1, 0.15) is 11.1 Å². The SMILES string of the molecule is COc1cc(C)ccc1C=CCN=[N+]=[N-]. The minimum absolute atomic E-state index is 0.355. The highest BCUT2D eigenvalue weighted by Gasteiger charge is 1.98. The van der Waals surface area contributed by atoms with Crippen molar-refractivity contribution in [2.75, 3.05) is 13.7 Å². The predicted octanol–water partition coefficient (Wildman–Crippen LogP) is 3.33. The molecule has 0 amide bonds. The number of azide groups is 1. The molecule has 0 N–H and O–H groups in total. The number of ether oxygens (including phenoxy) is 1. The minimum Gasteiger partial charge on any atom is -0.496 e. The largest absolute Gasteiger partial charge is 0.496 e. The fraction of sp³-hybridized carbons (Fsp3) is 0.273. The number of benzene rings is 1. The van der Waals surface area contributed by atoms with E-state index in [2.05, 4.69) is 10.0 Å². The third kappa shape index (κ3) is 3.37. The number of rotatable bonds is 4. The maximum Gasteiger partial charge on any atom is 0.126 e. The van der Waals surface area contributed by atoms with Crippen molar-refractivity contribution in [1.82, 2.24) is 0 Å². The van der Waals surface area contributed by atoms with Crippen molar-refractivity contribution in [3.8, 4) is 5.75 Å². The Balaban J connectivity index is 2.84. The Bertz CT molecular complexity index is 406. The Morgan fingerprint density at radius 1 is 1.53 bits per heavy atom. The molecule has 1 aromatic rings. The van der Waals surface area contributed by atoms with Gasteiger partial charge in [0.05, 0.1) is 7.11 Å². The Morgan fingerprint density at radius 3 is 3.00 bits per heavy atom. The summed E-state index contributed by atoms with van der Waals surface area (Å²) >= 11 is 0. The molecule has 0 aliphatic heterocycles. The van der Waals surface area contributed by atoms with Gasteiger partial charge in [-0.1, -0.05) is 29.4 Å². The molecule has 1 rings (SSSR count). The predicted molar refractivity (Wildman–Crippen MR) is 60.8 cm³/mol. The van der Waals surface area contributed by atoms with Crippen molar-refractivity contribution < 1.29 is 4.74 Å². The molecule has 0 bridgehead atoms. The van der Waals surface area contributed by atoms with E-state index in [1.165, 1.54) is 0 Å². The highest BCUT2D eigenvalue weighted by molar-refractivity contribution is 5.58. The smallest absolute Gasteiger partial charge is 0.126 e. The van der Waals surface area contributed by atoms with E-state index in [0.29, 0.717) is 6.54 Å². The first-order valence-electron chi connectivity index (χ1n) is 4.60. The molecule has 15 heavy (non-hydrogen) atoms. The van der Waals surface area contributed by atoms with E-state index in [1.807, 2.05) is 31.2 Å². The number of nitrogens with zero attached hydrogens (tertiary/aromatic N) is 3. The summed E-state index contributed by atoms with van der Waals surface area (Å²) in [5, 5.41) is 3.41. The highest BCUT2D eigenvalue weighted by atomic mass is 16.5. The summed E-state index contributed by atoms with van der Waals surface area (Å²) in [5.41, 5.74) is 10.2. The molecule has 4 nitrogen and oxygen atoms in total. The zero-order valence-electron chi connectivity index (χ0n) is 8.84. The van der Waals surface area contributed by atoms with Gasteiger partial charge in [-0.25, -0.2) is 0 Å². The lowest BCUT2D eigenvalue weighted by molar-refractivity contribution is 0.413. The summed E-state index contributed by atoms with van der Waals surface area (Å²) in [6.45, 7) is 2.36. The molecule has 0 radical (unpaired) electrons. The van der Waals surface area contributed by atoms with Gasteiger partial charge in [-0.3, -0.25) is 0 Å². The summed E-state index contributed by atoms with van der Waals surface area (Å²) < 4.78 is 5.23. The maximum absolute atomic E-state index is 8.10. The van der Waals surface area contributed by atoms with E-state index in [1.54, 1.807) is 13.2 Å². The Morgan fingerprint density at radius 2 is 2.33 bits per heavy atom. The molecule has 4 heteroatoms. The van der Waals surface area contributed by atoms with Crippen molar-refractivity contribution in [2.24, 2.45) is 5.11 Å². The average Bonchev–Trinajstić information content (AvgIpc) is 2.26. The van der Waals surface area contributed by atoms with Crippen LogP contribution in [-0.4, -0.2) is 13.7 Å². The van der Waals surface area contributed by atoms with E-state index >= 15 is 0 Å². The van der Waals surface area contributed by atoms with Crippen LogP contribution in [0.2, 0.25) is 0 Å². The quantitative estimate of drug-likeness (QED) is 0.420. The number of hydrogen-bond donors (Lipinski definition) is 0. The summed E-state index contributed by atoms with van der Waals surface area (Å²) in [6, 6.07) is 5.95. The lowest BCUT2D eigenvalue weighted by atomic mass is 10.1. The van der Waals surface area contributed by atoms with Gasteiger partial charge in [0.2, 0.25) is 0 Å². The molecule has 0 fully saturated rings. The van der Waals surface area contributed by atoms with Crippen LogP contribution in [0, 0.1) is 6.92 Å². The second-order valence-corrected chi connectivity index (χ2v) is 3.06. The van der Waals surface area contributed by atoms with Crippen LogP contribution >= 0.6 is 0 Å². The summed E-state index contributed by atoms with van der Waals surface area (Å²) in [7, 11) is 1.64. The van der Waals surface area contributed by atoms with Crippen LogP contribution in [0.4, 0.5) is 0 Å². The van der Waals surface area contributed by atoms with E-state index in [0.717, 1.165) is 16.9 Å². The molecular weight excluding hydrogens is 190 g/mol. The summed E-state index contributed by atoms with van der Waals surface area (Å²) in [4.78, 5) is 2.67. The van der Waals surface area contributed by atoms with Gasteiger partial charge in [0, 0.05) is 17.0 Å². The molecule has 0 heterocycles. The van der Waals surface area contributed by atoms with E-state index in [9.17, 15) is 0 Å². The van der Waals surface area contributed by atoms with Gasteiger partial charge in [-0.2, -0.15) is 0 Å². The lowest BCUT2D eigenvalue weighted by Crippen LogP contribution is -1.87. The summed E-state index contributed by atoms with van der Waals surface area (Å²) in [6.07, 6.45) is 3.68. The van der Waals surface area contributed by atoms with Crippen LogP contribution in [-0.2, 0) is 0 Å². The van der Waals surface area contributed by atoms with Crippen molar-refractivity contribution in [2.45, 2.75) is 6.92 Å². The fourth-order valence-electron chi connectivity index (χ4n) is 1.22. The van der Waals surface area contributed by atoms with Crippen LogP contribution in [0.25, 0.3) is 16.5 Å². The highest BCUT2D eigenvalue weighted by Crippen LogP contribution is 2.20. The van der Waals surface area contributed by atoms with Crippen molar-refractivity contribution >= 4 is 6.08 Å². The minimum atomic E-state index is 0.355. The van der Waals surface area contributed by atoms with Crippen LogP contribution < -0.4 is 4.74 Å². The standard InChI is InChI=1S/C11H13N3O/c1-9-5-6-10(11(8-9)15-2)4-3-7-13-14-12/h3-6,8H,7H2,1-2H3. The van der Waals surface area contributed by atoms with E-state index in [-0.39, 0.29) is 0 Å². The molecule has 0 saturated carbocycles. The average molecular weight is 203 g/mol. The lowest BCUT2D eigenvalue weighted by Gasteiger charge is -2.05. The molecule has 0 aliphatic rings. The number of hydrogen-bond acceptors (Lipinski definition) is 2. The topological polar surface area (TPSA) is 58.0 Å². The van der Waals surface area contributed by atoms with Crippen molar-refractivity contribution in [3.63, 3.8) is 0 Å². The monoisotopic (exact) mass is 203 g/mol. The molecule has 1 aromatic carbocycles. The third-order valence-corrected chi connectivity index (χ3v) is 1.94. The molecule has 0 unspecified atom stereocenters. The van der Waals surface area contributed by atoms with Gasteiger partial charge in [0.25, 0.3) is 0 Å². The normalized spacial score (nSPS) is 10.0. The van der Waals surface area contributed by atoms with Crippen molar-refractivity contribution in [1.29, 1.82) is 0 Å². The summed E-state index contributed by atoms with van der Waals surface area (Å²) in [5.74, 6) is 0.826. The Labute approximate surface area is 88.8 Å². The van der Waals surface area contributed by atoms with Crippen LogP contribution in [0.15, 0.2) is 29.4 Å². The number of methoxy groups -OCH3 is 1. The third-order valence-electron chi connectivity index (χ3n) is 1.94. The Hall–Kier alpha value is -1.93. The van der Waals surface area contributed by atoms with Gasteiger partial charge < -0.3 is 4.74 Å². The van der Waals surface area contributed by atoms with Gasteiger partial charge in [0.15, 0.2) is 0 Å². The first-order chi connectivity index (χ1) is 7.27. The molecule has 0 atom stereocenters. The maximum atomic E-state index is 8.10. The molecule has 0 aliphatic carbocycles. The second-order valence-electron chi connectivity index (χ2n) is 3.06. The fourth-order valence-corrected chi connectivity index (χ4v) is 1.22. The van der Waals surface area contributed by atoms with E-state index in [4.69, 9.17) is 10.3 Å². The van der Waals surface area contributed by atoms with Crippen LogP contribution in [0.5, 0.6) is 5.75 Å². The zero-order chi connectivity index (χ0) is 11.1. The van der Waals surface area contributed by atoms with Gasteiger partial charge >= 0.3 is 0 Å². The second kappa shape index (κ2) is 5.73. The molecule has 0 spiro atoms. The first kappa shape index (κ1) is 11.1. The van der Waals surface area contributed by atoms with Crippen LogP contribution in [0.3, 0.4) is 0 Å². The molecule has 0 aromatic heterocycles. The van der Waals surface area contributed by atoms with Gasteiger partial charge in [0.1, 0.15) is 5.75 Å². The van der Waals surface area contributed by atoms with Gasteiger partial charge in [-0.15, -0.1) is 0 Å². The number of aryl methyl sites for hydroxylation is 1. The van der Waals surface area contributed by atoms with Gasteiger partial charge in [-0.05, 0) is 24.1 Å². The van der Waals surface area contributed by atoms with E-state index < -0.39 is 0 Å².